The molecule has 2 aromatic rings. The number of carbonyl (C=O) groups excluding carboxylic acids is 1. The maximum absolute atomic E-state index is 13.8. The van der Waals surface area contributed by atoms with Crippen molar-refractivity contribution in [3.63, 3.8) is 0 Å². The lowest BCUT2D eigenvalue weighted by atomic mass is 10.0. The van der Waals surface area contributed by atoms with Gasteiger partial charge in [-0.15, -0.1) is 0 Å². The lowest BCUT2D eigenvalue weighted by Gasteiger charge is -2.05. The lowest BCUT2D eigenvalue weighted by Crippen LogP contribution is -2.01. The van der Waals surface area contributed by atoms with E-state index in [2.05, 4.69) is 0 Å². The minimum absolute atomic E-state index is 0.103. The fraction of sp³-hybridized carbons (Fsp3) is 0.190. The van der Waals surface area contributed by atoms with Gasteiger partial charge < -0.3 is 4.74 Å². The number of benzene rings is 2. The summed E-state index contributed by atoms with van der Waals surface area (Å²) in [6.07, 6.45) is 3.12. The molecule has 140 valence electrons. The first-order chi connectivity index (χ1) is 12.7. The molecule has 1 aliphatic carbocycles. The van der Waals surface area contributed by atoms with Crippen LogP contribution in [0.3, 0.4) is 0 Å². The van der Waals surface area contributed by atoms with Gasteiger partial charge in [-0.05, 0) is 70.7 Å². The van der Waals surface area contributed by atoms with Gasteiger partial charge in [0, 0.05) is 6.26 Å². The summed E-state index contributed by atoms with van der Waals surface area (Å²) in [4.78, 5) is 12.0. The van der Waals surface area contributed by atoms with Gasteiger partial charge in [-0.3, -0.25) is 4.79 Å². The molecular formula is C21H19FO4S. The normalized spacial score (nSPS) is 15.2. The number of esters is 1. The molecule has 1 aliphatic rings. The first kappa shape index (κ1) is 19.0. The molecule has 0 saturated carbocycles. The van der Waals surface area contributed by atoms with Gasteiger partial charge in [-0.2, -0.15) is 0 Å². The largest absolute Gasteiger partial charge is 0.469 e. The van der Waals surface area contributed by atoms with E-state index in [4.69, 9.17) is 4.74 Å². The van der Waals surface area contributed by atoms with Crippen LogP contribution in [0.15, 0.2) is 52.9 Å². The van der Waals surface area contributed by atoms with Crippen LogP contribution in [0.1, 0.15) is 30.0 Å². The number of fused-ring (bicyclic) bond motifs is 1. The van der Waals surface area contributed by atoms with E-state index in [1.807, 2.05) is 13.0 Å². The zero-order valence-electron chi connectivity index (χ0n) is 15.2. The van der Waals surface area contributed by atoms with E-state index in [0.29, 0.717) is 5.56 Å². The molecule has 0 radical (unpaired) electrons. The molecule has 3 rings (SSSR count). The van der Waals surface area contributed by atoms with Gasteiger partial charge >= 0.3 is 5.97 Å². The van der Waals surface area contributed by atoms with Gasteiger partial charge in [0.2, 0.25) is 0 Å². The van der Waals surface area contributed by atoms with E-state index in [-0.39, 0.29) is 23.1 Å². The third-order valence-electron chi connectivity index (χ3n) is 4.62. The molecule has 27 heavy (non-hydrogen) atoms. The van der Waals surface area contributed by atoms with Crippen molar-refractivity contribution in [2.75, 3.05) is 13.4 Å². The molecule has 0 saturated heterocycles. The predicted molar refractivity (Wildman–Crippen MR) is 103 cm³/mol. The van der Waals surface area contributed by atoms with Crippen LogP contribution in [0.25, 0.3) is 17.2 Å². The molecule has 0 N–H and O–H groups in total. The minimum Gasteiger partial charge on any atom is -0.469 e. The number of allylic oxidation sites excluding steroid dienone is 2. The van der Waals surface area contributed by atoms with Crippen LogP contribution in [-0.2, 0) is 19.4 Å². The van der Waals surface area contributed by atoms with Gasteiger partial charge in [-0.1, -0.05) is 18.2 Å². The van der Waals surface area contributed by atoms with Crippen LogP contribution in [0.5, 0.6) is 0 Å². The highest BCUT2D eigenvalue weighted by Crippen LogP contribution is 2.43. The molecule has 0 fully saturated rings. The molecule has 0 bridgehead atoms. The number of carbonyl (C=O) groups is 1. The Morgan fingerprint density at radius 3 is 2.37 bits per heavy atom. The maximum Gasteiger partial charge on any atom is 0.310 e. The number of hydrogen-bond acceptors (Lipinski definition) is 4. The van der Waals surface area contributed by atoms with Crippen molar-refractivity contribution in [3.05, 3.63) is 70.5 Å². The van der Waals surface area contributed by atoms with Crippen molar-refractivity contribution < 1.29 is 22.3 Å². The van der Waals surface area contributed by atoms with Gasteiger partial charge in [0.15, 0.2) is 9.84 Å². The van der Waals surface area contributed by atoms with E-state index in [9.17, 15) is 17.6 Å². The quantitative estimate of drug-likeness (QED) is 0.742. The summed E-state index contributed by atoms with van der Waals surface area (Å²) in [6.45, 7) is 1.88. The highest BCUT2D eigenvalue weighted by atomic mass is 32.2. The summed E-state index contributed by atoms with van der Waals surface area (Å²) in [6, 6.07) is 11.0. The summed E-state index contributed by atoms with van der Waals surface area (Å²) in [5, 5.41) is 0. The molecule has 2 aromatic carbocycles. The molecule has 0 heterocycles. The Labute approximate surface area is 157 Å². The number of rotatable bonds is 4. The van der Waals surface area contributed by atoms with Crippen LogP contribution >= 0.6 is 0 Å². The summed E-state index contributed by atoms with van der Waals surface area (Å²) in [5.74, 6) is -0.724. The third kappa shape index (κ3) is 3.85. The standard InChI is InChI=1S/C21H19FO4S/c1-13-18(10-14-4-7-16(8-5-14)27(3,24)25)20-11-15(22)6-9-17(20)19(13)12-21(23)26-2/h4-11H,12H2,1-3H3/b18-10-. The van der Waals surface area contributed by atoms with Gasteiger partial charge in [0.1, 0.15) is 5.82 Å². The molecule has 0 spiro atoms. The number of sulfone groups is 1. The van der Waals surface area contributed by atoms with E-state index in [0.717, 1.165) is 34.1 Å². The maximum atomic E-state index is 13.8. The van der Waals surface area contributed by atoms with Gasteiger partial charge in [-0.25, -0.2) is 12.8 Å². The van der Waals surface area contributed by atoms with Crippen LogP contribution < -0.4 is 0 Å². The smallest absolute Gasteiger partial charge is 0.310 e. The topological polar surface area (TPSA) is 60.4 Å². The summed E-state index contributed by atoms with van der Waals surface area (Å²) in [5.41, 5.74) is 4.77. The molecule has 0 aromatic heterocycles. The number of halogens is 1. The van der Waals surface area contributed by atoms with Crippen molar-refractivity contribution >= 4 is 33.0 Å². The van der Waals surface area contributed by atoms with Gasteiger partial charge in [0.05, 0.1) is 18.4 Å². The fourth-order valence-corrected chi connectivity index (χ4v) is 3.81. The van der Waals surface area contributed by atoms with Crippen molar-refractivity contribution in [1.82, 2.24) is 0 Å². The van der Waals surface area contributed by atoms with Crippen molar-refractivity contribution in [1.29, 1.82) is 0 Å². The Balaban J connectivity index is 2.09. The highest BCUT2D eigenvalue weighted by Gasteiger charge is 2.26. The Bertz CT molecular complexity index is 1080. The molecule has 0 unspecified atom stereocenters. The zero-order valence-corrected chi connectivity index (χ0v) is 16.1. The Morgan fingerprint density at radius 2 is 1.78 bits per heavy atom. The molecule has 0 amide bonds. The molecule has 4 nitrogen and oxygen atoms in total. The van der Waals surface area contributed by atoms with Crippen LogP contribution in [0, 0.1) is 5.82 Å². The van der Waals surface area contributed by atoms with E-state index >= 15 is 0 Å². The number of hydrogen-bond donors (Lipinski definition) is 0. The molecular weight excluding hydrogens is 367 g/mol. The van der Waals surface area contributed by atoms with Crippen LogP contribution in [-0.4, -0.2) is 27.8 Å². The van der Waals surface area contributed by atoms with Crippen molar-refractivity contribution in [3.8, 4) is 0 Å². The second-order valence-electron chi connectivity index (χ2n) is 6.45. The third-order valence-corrected chi connectivity index (χ3v) is 5.75. The molecule has 6 heteroatoms. The van der Waals surface area contributed by atoms with E-state index in [1.165, 1.54) is 31.4 Å². The van der Waals surface area contributed by atoms with E-state index in [1.54, 1.807) is 18.2 Å². The Kier molecular flexibility index (Phi) is 5.02. The summed E-state index contributed by atoms with van der Waals surface area (Å²) in [7, 11) is -1.94. The second-order valence-corrected chi connectivity index (χ2v) is 8.46. The monoisotopic (exact) mass is 386 g/mol. The average Bonchev–Trinajstić information content (AvgIpc) is 2.86. The Morgan fingerprint density at radius 1 is 1.11 bits per heavy atom. The van der Waals surface area contributed by atoms with E-state index < -0.39 is 9.84 Å². The van der Waals surface area contributed by atoms with Crippen LogP contribution in [0.4, 0.5) is 4.39 Å². The second kappa shape index (κ2) is 7.12. The summed E-state index contributed by atoms with van der Waals surface area (Å²) < 4.78 is 41.8. The minimum atomic E-state index is -3.27. The number of ether oxygens (including phenoxy) is 1. The average molecular weight is 386 g/mol. The molecule has 0 atom stereocenters. The van der Waals surface area contributed by atoms with Gasteiger partial charge in [0.25, 0.3) is 0 Å². The number of methoxy groups -OCH3 is 1. The summed E-state index contributed by atoms with van der Waals surface area (Å²) >= 11 is 0. The fourth-order valence-electron chi connectivity index (χ4n) is 3.18. The molecule has 0 aliphatic heterocycles. The zero-order chi connectivity index (χ0) is 19.8. The Hall–Kier alpha value is -2.73. The first-order valence-corrected chi connectivity index (χ1v) is 10.2. The van der Waals surface area contributed by atoms with Crippen LogP contribution in [0.2, 0.25) is 0 Å². The predicted octanol–water partition coefficient (Wildman–Crippen LogP) is 4.12. The highest BCUT2D eigenvalue weighted by molar-refractivity contribution is 7.90. The van der Waals surface area contributed by atoms with Crippen molar-refractivity contribution in [2.24, 2.45) is 0 Å². The van der Waals surface area contributed by atoms with Crippen molar-refractivity contribution in [2.45, 2.75) is 18.2 Å². The SMILES string of the molecule is COC(=O)CC1=C(C)/C(=C/c2ccc(S(C)(=O)=O)cc2)c2cc(F)ccc21. The first-order valence-electron chi connectivity index (χ1n) is 8.30. The lowest BCUT2D eigenvalue weighted by molar-refractivity contribution is -0.139.